The van der Waals surface area contributed by atoms with Crippen LogP contribution in [0.1, 0.15) is 25.8 Å². The number of rotatable bonds is 9. The monoisotopic (exact) mass is 510 g/mol. The summed E-state index contributed by atoms with van der Waals surface area (Å²) in [5, 5.41) is 2.86. The SMILES string of the molecule is CCCNC(=O)[C@@H](C)N(Cc1ccc(Br)cc1)C(=O)COc1ccc(Br)cc1. The molecule has 0 aliphatic heterocycles. The number of halogens is 2. The van der Waals surface area contributed by atoms with Gasteiger partial charge < -0.3 is 15.0 Å². The first-order valence-corrected chi connectivity index (χ1v) is 10.7. The van der Waals surface area contributed by atoms with Crippen molar-refractivity contribution in [1.29, 1.82) is 0 Å². The van der Waals surface area contributed by atoms with Gasteiger partial charge in [-0.25, -0.2) is 0 Å². The standard InChI is InChI=1S/C21H24Br2N2O3/c1-3-12-24-21(27)15(2)25(13-16-4-6-17(22)7-5-16)20(26)14-28-19-10-8-18(23)9-11-19/h4-11,15H,3,12-14H2,1-2H3,(H,24,27)/t15-/m1/s1. The second-order valence-electron chi connectivity index (χ2n) is 6.36. The molecule has 0 spiro atoms. The maximum atomic E-state index is 12.9. The number of hydrogen-bond donors (Lipinski definition) is 1. The molecule has 0 saturated heterocycles. The van der Waals surface area contributed by atoms with Crippen LogP contribution in [0.15, 0.2) is 57.5 Å². The fourth-order valence-electron chi connectivity index (χ4n) is 2.52. The Morgan fingerprint density at radius 1 is 1.04 bits per heavy atom. The Bertz CT molecular complexity index is 779. The lowest BCUT2D eigenvalue weighted by Gasteiger charge is -2.28. The van der Waals surface area contributed by atoms with Crippen molar-refractivity contribution < 1.29 is 14.3 Å². The van der Waals surface area contributed by atoms with E-state index in [1.165, 1.54) is 0 Å². The summed E-state index contributed by atoms with van der Waals surface area (Å²) >= 11 is 6.78. The molecular formula is C21H24Br2N2O3. The zero-order chi connectivity index (χ0) is 20.5. The van der Waals surface area contributed by atoms with Gasteiger partial charge >= 0.3 is 0 Å². The molecule has 28 heavy (non-hydrogen) atoms. The highest BCUT2D eigenvalue weighted by molar-refractivity contribution is 9.10. The molecule has 0 unspecified atom stereocenters. The van der Waals surface area contributed by atoms with Gasteiger partial charge in [0.05, 0.1) is 0 Å². The highest BCUT2D eigenvalue weighted by atomic mass is 79.9. The molecule has 1 N–H and O–H groups in total. The van der Waals surface area contributed by atoms with Crippen molar-refractivity contribution in [3.8, 4) is 5.75 Å². The fourth-order valence-corrected chi connectivity index (χ4v) is 3.05. The van der Waals surface area contributed by atoms with Crippen LogP contribution in [0.3, 0.4) is 0 Å². The summed E-state index contributed by atoms with van der Waals surface area (Å²) in [5.41, 5.74) is 0.940. The zero-order valence-electron chi connectivity index (χ0n) is 16.0. The first-order chi connectivity index (χ1) is 13.4. The van der Waals surface area contributed by atoms with Crippen molar-refractivity contribution >= 4 is 43.7 Å². The minimum Gasteiger partial charge on any atom is -0.484 e. The van der Waals surface area contributed by atoms with Crippen LogP contribution in [0.4, 0.5) is 0 Å². The average molecular weight is 512 g/mol. The molecule has 0 heterocycles. The summed E-state index contributed by atoms with van der Waals surface area (Å²) in [6.45, 7) is 4.50. The Labute approximate surface area is 182 Å². The Hall–Kier alpha value is -1.86. The van der Waals surface area contributed by atoms with E-state index in [4.69, 9.17) is 4.74 Å². The first kappa shape index (κ1) is 22.4. The fraction of sp³-hybridized carbons (Fsp3) is 0.333. The van der Waals surface area contributed by atoms with Gasteiger partial charge in [0, 0.05) is 22.0 Å². The Morgan fingerprint density at radius 2 is 1.61 bits per heavy atom. The zero-order valence-corrected chi connectivity index (χ0v) is 19.1. The second-order valence-corrected chi connectivity index (χ2v) is 8.19. The summed E-state index contributed by atoms with van der Waals surface area (Å²) in [6.07, 6.45) is 0.839. The van der Waals surface area contributed by atoms with Gasteiger partial charge in [0.25, 0.3) is 5.91 Å². The highest BCUT2D eigenvalue weighted by Crippen LogP contribution is 2.17. The van der Waals surface area contributed by atoms with E-state index in [0.29, 0.717) is 18.8 Å². The molecule has 5 nitrogen and oxygen atoms in total. The van der Waals surface area contributed by atoms with Crippen LogP contribution >= 0.6 is 31.9 Å². The molecule has 7 heteroatoms. The number of nitrogens with one attached hydrogen (secondary N) is 1. The summed E-state index contributed by atoms with van der Waals surface area (Å²) in [5.74, 6) is 0.184. The van der Waals surface area contributed by atoms with Gasteiger partial charge in [-0.3, -0.25) is 9.59 Å². The number of ether oxygens (including phenoxy) is 1. The number of carbonyl (C=O) groups excluding carboxylic acids is 2. The lowest BCUT2D eigenvalue weighted by atomic mass is 10.1. The highest BCUT2D eigenvalue weighted by Gasteiger charge is 2.26. The van der Waals surface area contributed by atoms with Crippen molar-refractivity contribution in [1.82, 2.24) is 10.2 Å². The molecule has 0 bridgehead atoms. The van der Waals surface area contributed by atoms with Crippen molar-refractivity contribution in [3.05, 3.63) is 63.0 Å². The molecule has 1 atom stereocenters. The third kappa shape index (κ3) is 6.95. The summed E-state index contributed by atoms with van der Waals surface area (Å²) in [4.78, 5) is 26.9. The molecule has 0 aromatic heterocycles. The molecule has 2 aromatic rings. The van der Waals surface area contributed by atoms with E-state index in [2.05, 4.69) is 37.2 Å². The van der Waals surface area contributed by atoms with Crippen LogP contribution in [0.25, 0.3) is 0 Å². The van der Waals surface area contributed by atoms with E-state index < -0.39 is 6.04 Å². The number of hydrogen-bond acceptors (Lipinski definition) is 3. The van der Waals surface area contributed by atoms with Crippen LogP contribution in [0.5, 0.6) is 5.75 Å². The maximum absolute atomic E-state index is 12.9. The molecular weight excluding hydrogens is 488 g/mol. The van der Waals surface area contributed by atoms with Gasteiger partial charge in [0.1, 0.15) is 11.8 Å². The molecule has 0 fully saturated rings. The van der Waals surface area contributed by atoms with Crippen LogP contribution < -0.4 is 10.1 Å². The number of benzene rings is 2. The molecule has 0 aliphatic carbocycles. The first-order valence-electron chi connectivity index (χ1n) is 9.10. The predicted octanol–water partition coefficient (Wildman–Crippen LogP) is 4.53. The van der Waals surface area contributed by atoms with Crippen LogP contribution in [0.2, 0.25) is 0 Å². The molecule has 0 saturated carbocycles. The third-order valence-corrected chi connectivity index (χ3v) is 5.22. The Balaban J connectivity index is 2.10. The van der Waals surface area contributed by atoms with E-state index in [1.54, 1.807) is 24.0 Å². The van der Waals surface area contributed by atoms with E-state index in [1.807, 2.05) is 43.3 Å². The largest absolute Gasteiger partial charge is 0.484 e. The van der Waals surface area contributed by atoms with Gasteiger partial charge in [-0.15, -0.1) is 0 Å². The molecule has 2 amide bonds. The number of carbonyl (C=O) groups is 2. The molecule has 2 rings (SSSR count). The number of nitrogens with zero attached hydrogens (tertiary/aromatic N) is 1. The third-order valence-electron chi connectivity index (χ3n) is 4.16. The summed E-state index contributed by atoms with van der Waals surface area (Å²) in [7, 11) is 0. The number of amides is 2. The Morgan fingerprint density at radius 3 is 2.18 bits per heavy atom. The van der Waals surface area contributed by atoms with Gasteiger partial charge in [0.15, 0.2) is 6.61 Å². The van der Waals surface area contributed by atoms with Gasteiger partial charge in [-0.2, -0.15) is 0 Å². The van der Waals surface area contributed by atoms with Crippen molar-refractivity contribution in [2.75, 3.05) is 13.2 Å². The summed E-state index contributed by atoms with van der Waals surface area (Å²) in [6, 6.07) is 14.3. The van der Waals surface area contributed by atoms with E-state index in [-0.39, 0.29) is 18.4 Å². The van der Waals surface area contributed by atoms with E-state index in [0.717, 1.165) is 20.9 Å². The van der Waals surface area contributed by atoms with E-state index >= 15 is 0 Å². The van der Waals surface area contributed by atoms with Crippen LogP contribution in [0, 0.1) is 0 Å². The quantitative estimate of drug-likeness (QED) is 0.538. The van der Waals surface area contributed by atoms with Crippen molar-refractivity contribution in [2.45, 2.75) is 32.9 Å². The van der Waals surface area contributed by atoms with Gasteiger partial charge in [-0.05, 0) is 55.3 Å². The lowest BCUT2D eigenvalue weighted by Crippen LogP contribution is -2.49. The second kappa shape index (κ2) is 11.2. The minimum absolute atomic E-state index is 0.135. The van der Waals surface area contributed by atoms with Crippen LogP contribution in [-0.4, -0.2) is 35.9 Å². The normalized spacial score (nSPS) is 11.6. The predicted molar refractivity (Wildman–Crippen MR) is 117 cm³/mol. The molecule has 0 aliphatic rings. The smallest absolute Gasteiger partial charge is 0.261 e. The van der Waals surface area contributed by atoms with Gasteiger partial charge in [0.2, 0.25) is 5.91 Å². The van der Waals surface area contributed by atoms with Gasteiger partial charge in [-0.1, -0.05) is 50.9 Å². The molecule has 150 valence electrons. The topological polar surface area (TPSA) is 58.6 Å². The van der Waals surface area contributed by atoms with Crippen molar-refractivity contribution in [2.24, 2.45) is 0 Å². The van der Waals surface area contributed by atoms with Crippen LogP contribution in [-0.2, 0) is 16.1 Å². The average Bonchev–Trinajstić information content (AvgIpc) is 2.70. The lowest BCUT2D eigenvalue weighted by molar-refractivity contribution is -0.142. The minimum atomic E-state index is -0.601. The molecule has 0 radical (unpaired) electrons. The van der Waals surface area contributed by atoms with Crippen molar-refractivity contribution in [3.63, 3.8) is 0 Å². The summed E-state index contributed by atoms with van der Waals surface area (Å²) < 4.78 is 7.51. The Kier molecular flexibility index (Phi) is 8.99. The molecule has 2 aromatic carbocycles. The maximum Gasteiger partial charge on any atom is 0.261 e. The van der Waals surface area contributed by atoms with E-state index in [9.17, 15) is 9.59 Å².